The Morgan fingerprint density at radius 2 is 2.16 bits per heavy atom. The number of nitrogens with zero attached hydrogens (tertiary/aromatic N) is 4. The summed E-state index contributed by atoms with van der Waals surface area (Å²) in [6.45, 7) is 1.99. The van der Waals surface area contributed by atoms with Crippen molar-refractivity contribution in [3.63, 3.8) is 0 Å². The minimum absolute atomic E-state index is 0.245. The molecule has 8 nitrogen and oxygen atoms in total. The molecule has 0 aliphatic carbocycles. The van der Waals surface area contributed by atoms with E-state index in [9.17, 15) is 4.79 Å². The van der Waals surface area contributed by atoms with Crippen molar-refractivity contribution in [3.05, 3.63) is 52.1 Å². The summed E-state index contributed by atoms with van der Waals surface area (Å²) in [5.74, 6) is 1.09. The number of aromatic amines is 2. The summed E-state index contributed by atoms with van der Waals surface area (Å²) in [6.07, 6.45) is 3.69. The van der Waals surface area contributed by atoms with Crippen LogP contribution in [0.2, 0.25) is 5.02 Å². The second-order valence-electron chi connectivity index (χ2n) is 5.51. The van der Waals surface area contributed by atoms with Gasteiger partial charge in [-0.1, -0.05) is 24.6 Å². The van der Waals surface area contributed by atoms with Crippen molar-refractivity contribution >= 4 is 39.5 Å². The Kier molecular flexibility index (Phi) is 3.81. The fourth-order valence-corrected chi connectivity index (χ4v) is 2.99. The number of halogens is 1. The molecule has 1 atom stereocenters. The highest BCUT2D eigenvalue weighted by Gasteiger charge is 2.17. The third-order valence-corrected chi connectivity index (χ3v) is 4.28. The maximum atomic E-state index is 12.4. The number of fused-ring (bicyclic) bond motifs is 2. The average molecular weight is 356 g/mol. The van der Waals surface area contributed by atoms with Gasteiger partial charge in [-0.05, 0) is 18.6 Å². The molecular weight excluding hydrogens is 342 g/mol. The number of aromatic nitrogens is 6. The normalized spacial score (nSPS) is 12.6. The highest BCUT2D eigenvalue weighted by atomic mass is 35.5. The van der Waals surface area contributed by atoms with E-state index < -0.39 is 0 Å². The van der Waals surface area contributed by atoms with Gasteiger partial charge in [0.15, 0.2) is 11.5 Å². The van der Waals surface area contributed by atoms with E-state index in [2.05, 4.69) is 35.2 Å². The first-order valence-corrected chi connectivity index (χ1v) is 8.14. The van der Waals surface area contributed by atoms with Crippen LogP contribution in [0.3, 0.4) is 0 Å². The van der Waals surface area contributed by atoms with E-state index in [-0.39, 0.29) is 11.6 Å². The average Bonchev–Trinajstić information content (AvgIpc) is 3.08. The van der Waals surface area contributed by atoms with Crippen molar-refractivity contribution in [3.8, 4) is 0 Å². The Morgan fingerprint density at radius 1 is 1.28 bits per heavy atom. The fourth-order valence-electron chi connectivity index (χ4n) is 2.73. The third-order valence-electron chi connectivity index (χ3n) is 3.97. The number of imidazole rings is 1. The van der Waals surface area contributed by atoms with Gasteiger partial charge in [0.05, 0.1) is 28.3 Å². The first kappa shape index (κ1) is 15.5. The quantitative estimate of drug-likeness (QED) is 0.519. The predicted octanol–water partition coefficient (Wildman–Crippen LogP) is 2.81. The highest BCUT2D eigenvalue weighted by Crippen LogP contribution is 2.24. The molecule has 0 spiro atoms. The summed E-state index contributed by atoms with van der Waals surface area (Å²) in [7, 11) is 0. The Hall–Kier alpha value is -3.00. The number of hydrogen-bond donors (Lipinski definition) is 3. The molecule has 0 aliphatic rings. The first-order chi connectivity index (χ1) is 12.2. The molecule has 1 unspecified atom stereocenters. The van der Waals surface area contributed by atoms with Gasteiger partial charge in [-0.3, -0.25) is 4.79 Å². The van der Waals surface area contributed by atoms with Crippen LogP contribution in [0.25, 0.3) is 22.1 Å². The lowest BCUT2D eigenvalue weighted by Crippen LogP contribution is -2.20. The molecule has 3 N–H and O–H groups in total. The zero-order valence-corrected chi connectivity index (χ0v) is 14.0. The van der Waals surface area contributed by atoms with Gasteiger partial charge in [-0.15, -0.1) is 0 Å². The lowest BCUT2D eigenvalue weighted by atomic mass is 10.2. The lowest BCUT2D eigenvalue weighted by Gasteiger charge is -2.17. The largest absolute Gasteiger partial charge is 0.358 e. The van der Waals surface area contributed by atoms with Gasteiger partial charge >= 0.3 is 0 Å². The van der Waals surface area contributed by atoms with Crippen molar-refractivity contribution in [1.82, 2.24) is 29.9 Å². The molecule has 0 fully saturated rings. The van der Waals surface area contributed by atoms with Crippen molar-refractivity contribution < 1.29 is 0 Å². The maximum Gasteiger partial charge on any atom is 0.260 e. The van der Waals surface area contributed by atoms with Gasteiger partial charge in [0.2, 0.25) is 0 Å². The van der Waals surface area contributed by atoms with Crippen molar-refractivity contribution in [1.29, 1.82) is 0 Å². The minimum atomic E-state index is -0.265. The van der Waals surface area contributed by atoms with E-state index in [1.54, 1.807) is 24.5 Å². The third kappa shape index (κ3) is 2.70. The smallest absolute Gasteiger partial charge is 0.260 e. The van der Waals surface area contributed by atoms with Crippen molar-refractivity contribution in [2.24, 2.45) is 0 Å². The van der Waals surface area contributed by atoms with E-state index in [0.717, 1.165) is 0 Å². The summed E-state index contributed by atoms with van der Waals surface area (Å²) in [5.41, 5.74) is 1.56. The fraction of sp³-hybridized carbons (Fsp3) is 0.188. The Bertz CT molecular complexity index is 1120. The van der Waals surface area contributed by atoms with Crippen LogP contribution in [-0.4, -0.2) is 29.9 Å². The molecule has 0 saturated carbocycles. The molecular formula is C16H14ClN7O. The van der Waals surface area contributed by atoms with Gasteiger partial charge < -0.3 is 15.3 Å². The second kappa shape index (κ2) is 6.14. The second-order valence-corrected chi connectivity index (χ2v) is 5.92. The summed E-state index contributed by atoms with van der Waals surface area (Å²) in [4.78, 5) is 35.3. The predicted molar refractivity (Wildman–Crippen MR) is 95.7 cm³/mol. The Labute approximate surface area is 146 Å². The van der Waals surface area contributed by atoms with Crippen LogP contribution in [0.4, 0.5) is 5.82 Å². The molecule has 3 aromatic heterocycles. The number of benzene rings is 1. The van der Waals surface area contributed by atoms with Gasteiger partial charge in [-0.25, -0.2) is 19.9 Å². The van der Waals surface area contributed by atoms with Crippen LogP contribution < -0.4 is 10.9 Å². The zero-order chi connectivity index (χ0) is 17.4. The van der Waals surface area contributed by atoms with Crippen LogP contribution in [-0.2, 0) is 0 Å². The molecule has 0 saturated heterocycles. The van der Waals surface area contributed by atoms with Crippen LogP contribution in [0.5, 0.6) is 0 Å². The number of hydrogen-bond acceptors (Lipinski definition) is 6. The molecule has 25 heavy (non-hydrogen) atoms. The minimum Gasteiger partial charge on any atom is -0.358 e. The highest BCUT2D eigenvalue weighted by molar-refractivity contribution is 6.35. The molecule has 0 bridgehead atoms. The molecule has 4 rings (SSSR count). The number of rotatable bonds is 4. The number of anilines is 1. The molecule has 4 aromatic rings. The molecule has 126 valence electrons. The molecule has 0 amide bonds. The van der Waals surface area contributed by atoms with Crippen molar-refractivity contribution in [2.45, 2.75) is 19.4 Å². The number of H-pyrrole nitrogens is 2. The van der Waals surface area contributed by atoms with Gasteiger partial charge in [0, 0.05) is 0 Å². The van der Waals surface area contributed by atoms with Crippen LogP contribution >= 0.6 is 11.6 Å². The monoisotopic (exact) mass is 355 g/mol. The van der Waals surface area contributed by atoms with E-state index in [1.807, 2.05) is 6.92 Å². The lowest BCUT2D eigenvalue weighted by molar-refractivity contribution is 0.691. The van der Waals surface area contributed by atoms with Crippen LogP contribution in [0, 0.1) is 0 Å². The van der Waals surface area contributed by atoms with Gasteiger partial charge in [0.1, 0.15) is 17.7 Å². The van der Waals surface area contributed by atoms with E-state index in [0.29, 0.717) is 45.2 Å². The van der Waals surface area contributed by atoms with E-state index in [1.165, 1.54) is 6.33 Å². The molecule has 0 aliphatic heterocycles. The number of nitrogens with one attached hydrogen (secondary N) is 3. The summed E-state index contributed by atoms with van der Waals surface area (Å²) in [6, 6.07) is 4.97. The zero-order valence-electron chi connectivity index (χ0n) is 13.2. The molecule has 0 radical (unpaired) electrons. The molecule has 1 aromatic carbocycles. The van der Waals surface area contributed by atoms with Crippen LogP contribution in [0.15, 0.2) is 35.6 Å². The topological polar surface area (TPSA) is 112 Å². The van der Waals surface area contributed by atoms with E-state index >= 15 is 0 Å². The first-order valence-electron chi connectivity index (χ1n) is 7.76. The van der Waals surface area contributed by atoms with Gasteiger partial charge in [-0.2, -0.15) is 0 Å². The summed E-state index contributed by atoms with van der Waals surface area (Å²) < 4.78 is 0. The standard InChI is InChI=1S/C16H14ClN7O/c1-2-9(22-15-12-14(19-6-18-12)20-7-21-15)13-23-10-5-3-4-8(17)11(10)16(25)24-13/h3-7,9H,2H2,1H3,(H,23,24,25)(H2,18,19,20,21,22). The van der Waals surface area contributed by atoms with Crippen LogP contribution in [0.1, 0.15) is 25.2 Å². The summed E-state index contributed by atoms with van der Waals surface area (Å²) in [5, 5.41) is 4.05. The van der Waals surface area contributed by atoms with Crippen molar-refractivity contribution in [2.75, 3.05) is 5.32 Å². The van der Waals surface area contributed by atoms with Gasteiger partial charge in [0.25, 0.3) is 5.56 Å². The Morgan fingerprint density at radius 3 is 3.00 bits per heavy atom. The maximum absolute atomic E-state index is 12.4. The molecule has 3 heterocycles. The summed E-state index contributed by atoms with van der Waals surface area (Å²) >= 11 is 6.11. The Balaban J connectivity index is 1.78. The molecule has 9 heteroatoms. The SMILES string of the molecule is CCC(Nc1ncnc2[nH]cnc12)c1nc2cccc(Cl)c2c(=O)[nH]1. The van der Waals surface area contributed by atoms with E-state index in [4.69, 9.17) is 11.6 Å².